The van der Waals surface area contributed by atoms with Gasteiger partial charge in [0.15, 0.2) is 0 Å². The molecule has 2 aliphatic carbocycles. The van der Waals surface area contributed by atoms with Gasteiger partial charge in [0.05, 0.1) is 5.69 Å². The molecule has 4 heteroatoms. The molecule has 0 radical (unpaired) electrons. The van der Waals surface area contributed by atoms with Crippen LogP contribution in [0.4, 0.5) is 0 Å². The van der Waals surface area contributed by atoms with E-state index in [0.717, 1.165) is 42.1 Å². The molecule has 26 heavy (non-hydrogen) atoms. The number of thiophene rings is 1. The average molecular weight is 365 g/mol. The Bertz CT molecular complexity index is 846. The van der Waals surface area contributed by atoms with Gasteiger partial charge < -0.3 is 4.90 Å². The molecule has 2 saturated carbocycles. The summed E-state index contributed by atoms with van der Waals surface area (Å²) >= 11 is 1.65. The summed E-state index contributed by atoms with van der Waals surface area (Å²) in [4.78, 5) is 19.8. The van der Waals surface area contributed by atoms with Gasteiger partial charge in [0.25, 0.3) is 5.91 Å². The van der Waals surface area contributed by atoms with Crippen LogP contribution in [-0.4, -0.2) is 28.9 Å². The zero-order chi connectivity index (χ0) is 17.8. The van der Waals surface area contributed by atoms with E-state index in [1.807, 2.05) is 34.5 Å². The Morgan fingerprint density at radius 1 is 1.23 bits per heavy atom. The SMILES string of the molecule is C=CC1C2CC2C(C)C2CN(C(=O)c3cccc(-c4ccsc4)n3)CC12. The Morgan fingerprint density at radius 3 is 2.85 bits per heavy atom. The smallest absolute Gasteiger partial charge is 0.272 e. The van der Waals surface area contributed by atoms with Gasteiger partial charge in [-0.05, 0) is 65.5 Å². The fourth-order valence-electron chi connectivity index (χ4n) is 5.54. The quantitative estimate of drug-likeness (QED) is 0.747. The second-order valence-electron chi connectivity index (χ2n) is 8.19. The van der Waals surface area contributed by atoms with Gasteiger partial charge in [0, 0.05) is 24.0 Å². The van der Waals surface area contributed by atoms with Gasteiger partial charge in [0.2, 0.25) is 0 Å². The number of amides is 1. The predicted octanol–water partition coefficient (Wildman–Crippen LogP) is 4.59. The van der Waals surface area contributed by atoms with Crippen molar-refractivity contribution in [2.75, 3.05) is 13.1 Å². The molecule has 0 N–H and O–H groups in total. The Labute approximate surface area is 158 Å². The molecule has 2 aromatic rings. The van der Waals surface area contributed by atoms with Crippen molar-refractivity contribution >= 4 is 17.2 Å². The lowest BCUT2D eigenvalue weighted by atomic mass is 9.69. The van der Waals surface area contributed by atoms with E-state index in [4.69, 9.17) is 0 Å². The highest BCUT2D eigenvalue weighted by molar-refractivity contribution is 7.08. The van der Waals surface area contributed by atoms with Crippen molar-refractivity contribution in [3.8, 4) is 11.3 Å². The van der Waals surface area contributed by atoms with Crippen molar-refractivity contribution < 1.29 is 4.79 Å². The topological polar surface area (TPSA) is 33.2 Å². The van der Waals surface area contributed by atoms with E-state index >= 15 is 0 Å². The number of hydrogen-bond donors (Lipinski definition) is 0. The van der Waals surface area contributed by atoms with Crippen molar-refractivity contribution in [3.05, 3.63) is 53.4 Å². The number of aromatic nitrogens is 1. The lowest BCUT2D eigenvalue weighted by molar-refractivity contribution is 0.0775. The minimum absolute atomic E-state index is 0.0835. The Morgan fingerprint density at radius 2 is 2.08 bits per heavy atom. The summed E-state index contributed by atoms with van der Waals surface area (Å²) in [5, 5.41) is 4.11. The minimum atomic E-state index is 0.0835. The van der Waals surface area contributed by atoms with Crippen LogP contribution in [0.2, 0.25) is 0 Å². The van der Waals surface area contributed by atoms with Crippen molar-refractivity contribution in [2.45, 2.75) is 13.3 Å². The Kier molecular flexibility index (Phi) is 3.78. The molecule has 6 unspecified atom stereocenters. The zero-order valence-corrected chi connectivity index (χ0v) is 15.9. The second-order valence-corrected chi connectivity index (χ2v) is 8.97. The summed E-state index contributed by atoms with van der Waals surface area (Å²) < 4.78 is 0. The van der Waals surface area contributed by atoms with Crippen LogP contribution in [0.15, 0.2) is 47.7 Å². The first-order valence-corrected chi connectivity index (χ1v) is 10.5. The molecule has 3 heterocycles. The summed E-state index contributed by atoms with van der Waals surface area (Å²) in [5.74, 6) is 4.27. The second kappa shape index (κ2) is 6.05. The van der Waals surface area contributed by atoms with Crippen LogP contribution in [0, 0.1) is 35.5 Å². The minimum Gasteiger partial charge on any atom is -0.337 e. The molecule has 1 aliphatic heterocycles. The first kappa shape index (κ1) is 16.2. The number of rotatable bonds is 3. The number of carbonyl (C=O) groups is 1. The molecule has 6 atom stereocenters. The van der Waals surface area contributed by atoms with Crippen LogP contribution >= 0.6 is 11.3 Å². The molecule has 3 fully saturated rings. The molecule has 1 saturated heterocycles. The summed E-state index contributed by atoms with van der Waals surface area (Å²) in [6.45, 7) is 8.23. The maximum atomic E-state index is 13.1. The number of pyridine rings is 1. The third-order valence-corrected chi connectivity index (χ3v) is 7.67. The maximum absolute atomic E-state index is 13.1. The van der Waals surface area contributed by atoms with Gasteiger partial charge in [-0.1, -0.05) is 19.1 Å². The first-order chi connectivity index (χ1) is 12.7. The molecule has 3 aliphatic rings. The summed E-state index contributed by atoms with van der Waals surface area (Å²) in [6.07, 6.45) is 3.53. The molecule has 0 spiro atoms. The standard InChI is InChI=1S/C22H24N2OS/c1-3-15-17-9-16(17)13(2)18-10-24(11-19(15)18)22(25)21-6-4-5-20(23-21)14-7-8-26-12-14/h3-8,12-13,15-19H,1,9-11H2,2H3. The van der Waals surface area contributed by atoms with Gasteiger partial charge in [-0.15, -0.1) is 6.58 Å². The van der Waals surface area contributed by atoms with Crippen LogP contribution in [0.5, 0.6) is 0 Å². The van der Waals surface area contributed by atoms with Crippen LogP contribution in [0.1, 0.15) is 23.8 Å². The van der Waals surface area contributed by atoms with Crippen molar-refractivity contribution in [1.29, 1.82) is 0 Å². The molecular formula is C22H24N2OS. The Balaban J connectivity index is 1.39. The summed E-state index contributed by atoms with van der Waals surface area (Å²) in [7, 11) is 0. The maximum Gasteiger partial charge on any atom is 0.272 e. The van der Waals surface area contributed by atoms with Crippen molar-refractivity contribution in [2.24, 2.45) is 35.5 Å². The number of fused-ring (bicyclic) bond motifs is 2. The summed E-state index contributed by atoms with van der Waals surface area (Å²) in [6, 6.07) is 7.83. The molecular weight excluding hydrogens is 340 g/mol. The zero-order valence-electron chi connectivity index (χ0n) is 15.0. The van der Waals surface area contributed by atoms with Gasteiger partial charge in [-0.25, -0.2) is 4.98 Å². The third kappa shape index (κ3) is 2.46. The molecule has 0 aromatic carbocycles. The molecule has 5 rings (SSSR count). The van der Waals surface area contributed by atoms with E-state index in [9.17, 15) is 4.79 Å². The number of carbonyl (C=O) groups excluding carboxylic acids is 1. The van der Waals surface area contributed by atoms with Gasteiger partial charge in [-0.2, -0.15) is 11.3 Å². The molecule has 134 valence electrons. The fraction of sp³-hybridized carbons (Fsp3) is 0.455. The van der Waals surface area contributed by atoms with Gasteiger partial charge in [0.1, 0.15) is 5.69 Å². The molecule has 0 bridgehead atoms. The average Bonchev–Trinajstić information content (AvgIpc) is 3.09. The van der Waals surface area contributed by atoms with E-state index in [1.54, 1.807) is 11.3 Å². The van der Waals surface area contributed by atoms with Gasteiger partial charge in [-0.3, -0.25) is 4.79 Å². The van der Waals surface area contributed by atoms with E-state index < -0.39 is 0 Å². The third-order valence-electron chi connectivity index (χ3n) is 6.99. The lowest BCUT2D eigenvalue weighted by Crippen LogP contribution is -2.33. The van der Waals surface area contributed by atoms with Crippen LogP contribution in [-0.2, 0) is 0 Å². The van der Waals surface area contributed by atoms with E-state index in [-0.39, 0.29) is 5.91 Å². The van der Waals surface area contributed by atoms with E-state index in [0.29, 0.717) is 23.4 Å². The normalized spacial score (nSPS) is 34.9. The predicted molar refractivity (Wildman–Crippen MR) is 105 cm³/mol. The fourth-order valence-corrected chi connectivity index (χ4v) is 6.19. The monoisotopic (exact) mass is 364 g/mol. The number of likely N-dealkylation sites (tertiary alicyclic amines) is 1. The highest BCUT2D eigenvalue weighted by Crippen LogP contribution is 2.61. The first-order valence-electron chi connectivity index (χ1n) is 9.59. The van der Waals surface area contributed by atoms with Gasteiger partial charge >= 0.3 is 0 Å². The highest BCUT2D eigenvalue weighted by atomic mass is 32.1. The van der Waals surface area contributed by atoms with Crippen LogP contribution in [0.3, 0.4) is 0 Å². The number of hydrogen-bond acceptors (Lipinski definition) is 3. The molecule has 2 aromatic heterocycles. The molecule has 1 amide bonds. The van der Waals surface area contributed by atoms with Crippen molar-refractivity contribution in [3.63, 3.8) is 0 Å². The Hall–Kier alpha value is -1.94. The largest absolute Gasteiger partial charge is 0.337 e. The number of nitrogens with zero attached hydrogens (tertiary/aromatic N) is 2. The van der Waals surface area contributed by atoms with E-state index in [1.165, 1.54) is 6.42 Å². The van der Waals surface area contributed by atoms with Crippen LogP contribution < -0.4 is 0 Å². The number of allylic oxidation sites excluding steroid dienone is 1. The van der Waals surface area contributed by atoms with Crippen LogP contribution in [0.25, 0.3) is 11.3 Å². The van der Waals surface area contributed by atoms with Crippen molar-refractivity contribution in [1.82, 2.24) is 9.88 Å². The highest BCUT2D eigenvalue weighted by Gasteiger charge is 2.58. The van der Waals surface area contributed by atoms with E-state index in [2.05, 4.69) is 29.9 Å². The lowest BCUT2D eigenvalue weighted by Gasteiger charge is -2.35. The molecule has 3 nitrogen and oxygen atoms in total. The summed E-state index contributed by atoms with van der Waals surface area (Å²) in [5.41, 5.74) is 2.53.